The van der Waals surface area contributed by atoms with Crippen molar-refractivity contribution < 1.29 is 9.53 Å². The van der Waals surface area contributed by atoms with Gasteiger partial charge in [-0.3, -0.25) is 4.79 Å². The van der Waals surface area contributed by atoms with Gasteiger partial charge in [0.1, 0.15) is 21.9 Å². The quantitative estimate of drug-likeness (QED) is 0.330. The maximum atomic E-state index is 12.7. The molecule has 0 aliphatic carbocycles. The summed E-state index contributed by atoms with van der Waals surface area (Å²) in [4.78, 5) is 23.6. The Labute approximate surface area is 177 Å². The summed E-state index contributed by atoms with van der Waals surface area (Å²) in [6, 6.07) is 19.7. The Morgan fingerprint density at radius 1 is 1.10 bits per heavy atom. The molecule has 4 rings (SSSR count). The van der Waals surface area contributed by atoms with Crippen molar-refractivity contribution in [2.24, 2.45) is 0 Å². The lowest BCUT2D eigenvalue weighted by Crippen LogP contribution is -2.22. The Hall–Kier alpha value is -2.90. The third kappa shape index (κ3) is 4.26. The first-order chi connectivity index (χ1) is 14.2. The van der Waals surface area contributed by atoms with E-state index in [4.69, 9.17) is 4.74 Å². The lowest BCUT2D eigenvalue weighted by Gasteiger charge is -2.14. The summed E-state index contributed by atoms with van der Waals surface area (Å²) in [7, 11) is 1.59. The van der Waals surface area contributed by atoms with Crippen molar-refractivity contribution in [3.05, 3.63) is 67.0 Å². The van der Waals surface area contributed by atoms with Gasteiger partial charge in [0, 0.05) is 10.3 Å². The first kappa shape index (κ1) is 19.4. The van der Waals surface area contributed by atoms with E-state index >= 15 is 0 Å². The van der Waals surface area contributed by atoms with Gasteiger partial charge in [0.25, 0.3) is 0 Å². The smallest absolute Gasteiger partial charge is 0.237 e. The SMILES string of the molecule is COc1ccccc1NC(=O)C(C)Sc1ncnc2sc(-c3ccccc3)cc12. The monoisotopic (exact) mass is 421 g/mol. The molecule has 4 aromatic rings. The van der Waals surface area contributed by atoms with Gasteiger partial charge in [-0.05, 0) is 30.7 Å². The number of rotatable bonds is 6. The number of carbonyl (C=O) groups is 1. The number of thioether (sulfide) groups is 1. The van der Waals surface area contributed by atoms with Crippen molar-refractivity contribution in [3.8, 4) is 16.2 Å². The van der Waals surface area contributed by atoms with Crippen LogP contribution in [0, 0.1) is 0 Å². The van der Waals surface area contributed by atoms with Gasteiger partial charge < -0.3 is 10.1 Å². The predicted molar refractivity (Wildman–Crippen MR) is 120 cm³/mol. The molecule has 0 aliphatic heterocycles. The molecule has 7 heteroatoms. The number of anilines is 1. The van der Waals surface area contributed by atoms with E-state index in [1.165, 1.54) is 11.8 Å². The Kier molecular flexibility index (Phi) is 5.78. The van der Waals surface area contributed by atoms with Crippen LogP contribution in [0.15, 0.2) is 72.0 Å². The van der Waals surface area contributed by atoms with E-state index in [9.17, 15) is 4.79 Å². The molecule has 2 aromatic heterocycles. The van der Waals surface area contributed by atoms with Crippen molar-refractivity contribution in [1.82, 2.24) is 9.97 Å². The van der Waals surface area contributed by atoms with Crippen LogP contribution in [-0.4, -0.2) is 28.2 Å². The molecular formula is C22H19N3O2S2. The first-order valence-corrected chi connectivity index (χ1v) is 10.8. The number of nitrogens with zero attached hydrogens (tertiary/aromatic N) is 2. The zero-order chi connectivity index (χ0) is 20.2. The van der Waals surface area contributed by atoms with Crippen LogP contribution in [0.1, 0.15) is 6.92 Å². The molecule has 1 N–H and O–H groups in total. The van der Waals surface area contributed by atoms with Crippen molar-refractivity contribution in [2.45, 2.75) is 17.2 Å². The second-order valence-electron chi connectivity index (χ2n) is 6.32. The molecule has 0 saturated heterocycles. The van der Waals surface area contributed by atoms with Gasteiger partial charge >= 0.3 is 0 Å². The lowest BCUT2D eigenvalue weighted by molar-refractivity contribution is -0.115. The molecule has 0 bridgehead atoms. The first-order valence-electron chi connectivity index (χ1n) is 9.06. The van der Waals surface area contributed by atoms with Gasteiger partial charge in [-0.1, -0.05) is 54.2 Å². The number of hydrogen-bond acceptors (Lipinski definition) is 6. The lowest BCUT2D eigenvalue weighted by atomic mass is 10.2. The fourth-order valence-corrected chi connectivity index (χ4v) is 4.84. The topological polar surface area (TPSA) is 64.1 Å². The minimum atomic E-state index is -0.335. The second-order valence-corrected chi connectivity index (χ2v) is 8.68. The largest absolute Gasteiger partial charge is 0.495 e. The third-order valence-electron chi connectivity index (χ3n) is 4.37. The number of thiophene rings is 1. The van der Waals surface area contributed by atoms with Gasteiger partial charge in [-0.15, -0.1) is 11.3 Å². The number of amides is 1. The van der Waals surface area contributed by atoms with Crippen LogP contribution in [-0.2, 0) is 4.79 Å². The molecule has 0 spiro atoms. The minimum Gasteiger partial charge on any atom is -0.495 e. The average molecular weight is 422 g/mol. The van der Waals surface area contributed by atoms with Crippen molar-refractivity contribution in [3.63, 3.8) is 0 Å². The molecule has 2 aromatic carbocycles. The summed E-state index contributed by atoms with van der Waals surface area (Å²) in [6.45, 7) is 1.87. The predicted octanol–water partition coefficient (Wildman–Crippen LogP) is 5.49. The Morgan fingerprint density at radius 2 is 1.86 bits per heavy atom. The number of ether oxygens (including phenoxy) is 1. The van der Waals surface area contributed by atoms with Crippen LogP contribution >= 0.6 is 23.1 Å². The number of methoxy groups -OCH3 is 1. The highest BCUT2D eigenvalue weighted by molar-refractivity contribution is 8.00. The summed E-state index contributed by atoms with van der Waals surface area (Å²) in [5, 5.41) is 4.37. The molecule has 1 unspecified atom stereocenters. The van der Waals surface area contributed by atoms with Crippen LogP contribution in [0.25, 0.3) is 20.7 Å². The highest BCUT2D eigenvalue weighted by atomic mass is 32.2. The van der Waals surface area contributed by atoms with Gasteiger partial charge in [0.15, 0.2) is 0 Å². The van der Waals surface area contributed by atoms with E-state index in [1.807, 2.05) is 49.4 Å². The number of aromatic nitrogens is 2. The Balaban J connectivity index is 1.55. The number of fused-ring (bicyclic) bond motifs is 1. The molecule has 146 valence electrons. The van der Waals surface area contributed by atoms with Crippen molar-refractivity contribution in [2.75, 3.05) is 12.4 Å². The Bertz CT molecular complexity index is 1150. The van der Waals surface area contributed by atoms with E-state index in [1.54, 1.807) is 24.8 Å². The average Bonchev–Trinajstić information content (AvgIpc) is 3.20. The van der Waals surface area contributed by atoms with Gasteiger partial charge in [-0.2, -0.15) is 0 Å². The summed E-state index contributed by atoms with van der Waals surface area (Å²) in [5.74, 6) is 0.526. The fraction of sp³-hybridized carbons (Fsp3) is 0.136. The van der Waals surface area contributed by atoms with Gasteiger partial charge in [-0.25, -0.2) is 9.97 Å². The highest BCUT2D eigenvalue weighted by Crippen LogP contribution is 2.37. The standard InChI is InChI=1S/C22H19N3O2S2/c1-14(20(26)25-17-10-6-7-11-18(17)27-2)28-21-16-12-19(15-8-4-3-5-9-15)29-22(16)24-13-23-21/h3-14H,1-2H3,(H,25,26). The minimum absolute atomic E-state index is 0.107. The molecule has 29 heavy (non-hydrogen) atoms. The van der Waals surface area contributed by atoms with Crippen LogP contribution in [0.2, 0.25) is 0 Å². The maximum absolute atomic E-state index is 12.7. The molecule has 0 radical (unpaired) electrons. The van der Waals surface area contributed by atoms with Crippen LogP contribution < -0.4 is 10.1 Å². The zero-order valence-corrected chi connectivity index (χ0v) is 17.6. The molecule has 0 saturated carbocycles. The molecule has 0 fully saturated rings. The summed E-state index contributed by atoms with van der Waals surface area (Å²) >= 11 is 3.05. The summed E-state index contributed by atoms with van der Waals surface area (Å²) in [6.07, 6.45) is 1.56. The fourth-order valence-electron chi connectivity index (χ4n) is 2.88. The second kappa shape index (κ2) is 8.63. The molecule has 1 amide bonds. The van der Waals surface area contributed by atoms with Crippen molar-refractivity contribution in [1.29, 1.82) is 0 Å². The number of benzene rings is 2. The summed E-state index contributed by atoms with van der Waals surface area (Å²) < 4.78 is 5.31. The van der Waals surface area contributed by atoms with Crippen LogP contribution in [0.4, 0.5) is 5.69 Å². The van der Waals surface area contributed by atoms with E-state index < -0.39 is 0 Å². The van der Waals surface area contributed by atoms with Crippen LogP contribution in [0.5, 0.6) is 5.75 Å². The molecule has 0 aliphatic rings. The van der Waals surface area contributed by atoms with E-state index in [0.717, 1.165) is 25.7 Å². The van der Waals surface area contributed by atoms with Crippen LogP contribution in [0.3, 0.4) is 0 Å². The van der Waals surface area contributed by atoms with E-state index in [-0.39, 0.29) is 11.2 Å². The van der Waals surface area contributed by atoms with Crippen molar-refractivity contribution >= 4 is 44.9 Å². The highest BCUT2D eigenvalue weighted by Gasteiger charge is 2.19. The molecular weight excluding hydrogens is 402 g/mol. The van der Waals surface area contributed by atoms with E-state index in [2.05, 4.69) is 33.5 Å². The normalized spacial score (nSPS) is 11.9. The van der Waals surface area contributed by atoms with Gasteiger partial charge in [0.05, 0.1) is 18.0 Å². The zero-order valence-electron chi connectivity index (χ0n) is 16.0. The molecule has 1 atom stereocenters. The van der Waals surface area contributed by atoms with E-state index in [0.29, 0.717) is 11.4 Å². The number of carbonyl (C=O) groups excluding carboxylic acids is 1. The molecule has 2 heterocycles. The molecule has 5 nitrogen and oxygen atoms in total. The third-order valence-corrected chi connectivity index (χ3v) is 6.58. The summed E-state index contributed by atoms with van der Waals surface area (Å²) in [5.41, 5.74) is 1.80. The number of hydrogen-bond donors (Lipinski definition) is 1. The van der Waals surface area contributed by atoms with Gasteiger partial charge in [0.2, 0.25) is 5.91 Å². The number of nitrogens with one attached hydrogen (secondary N) is 1. The maximum Gasteiger partial charge on any atom is 0.237 e. The number of para-hydroxylation sites is 2. The Morgan fingerprint density at radius 3 is 2.66 bits per heavy atom.